The molecular formula is C21H26N2O2. The zero-order chi connectivity index (χ0) is 18.0. The lowest BCUT2D eigenvalue weighted by Crippen LogP contribution is -2.25. The van der Waals surface area contributed by atoms with Gasteiger partial charge in [0.1, 0.15) is 24.3 Å². The van der Waals surface area contributed by atoms with Crippen LogP contribution >= 0.6 is 0 Å². The van der Waals surface area contributed by atoms with Crippen LogP contribution in [0.5, 0.6) is 5.75 Å². The molecule has 0 saturated carbocycles. The van der Waals surface area contributed by atoms with Crippen LogP contribution in [0.4, 0.5) is 0 Å². The Balaban J connectivity index is 1.77. The van der Waals surface area contributed by atoms with Gasteiger partial charge in [-0.3, -0.25) is 0 Å². The van der Waals surface area contributed by atoms with E-state index in [4.69, 9.17) is 9.72 Å². The molecule has 2 aromatic carbocycles. The Morgan fingerprint density at radius 3 is 2.60 bits per heavy atom. The predicted molar refractivity (Wildman–Crippen MR) is 101 cm³/mol. The van der Waals surface area contributed by atoms with Crippen LogP contribution in [0.15, 0.2) is 42.5 Å². The molecule has 0 aliphatic heterocycles. The number of aromatic nitrogens is 2. The first kappa shape index (κ1) is 17.5. The van der Waals surface area contributed by atoms with E-state index in [9.17, 15) is 5.11 Å². The van der Waals surface area contributed by atoms with Crippen LogP contribution in [0.3, 0.4) is 0 Å². The summed E-state index contributed by atoms with van der Waals surface area (Å²) in [5.74, 6) is 2.12. The van der Waals surface area contributed by atoms with Crippen molar-refractivity contribution in [2.45, 2.75) is 46.3 Å². The largest absolute Gasteiger partial charge is 0.491 e. The van der Waals surface area contributed by atoms with Crippen molar-refractivity contribution in [2.75, 3.05) is 6.61 Å². The molecule has 1 heterocycles. The van der Waals surface area contributed by atoms with Crippen molar-refractivity contribution in [1.82, 2.24) is 9.55 Å². The van der Waals surface area contributed by atoms with Crippen LogP contribution in [-0.2, 0) is 6.54 Å². The van der Waals surface area contributed by atoms with E-state index in [1.165, 1.54) is 5.56 Å². The quantitative estimate of drug-likeness (QED) is 0.732. The number of rotatable bonds is 6. The molecule has 4 heteroatoms. The van der Waals surface area contributed by atoms with Crippen molar-refractivity contribution in [3.05, 3.63) is 59.4 Å². The van der Waals surface area contributed by atoms with Crippen molar-refractivity contribution in [3.63, 3.8) is 0 Å². The van der Waals surface area contributed by atoms with Gasteiger partial charge in [-0.05, 0) is 43.2 Å². The molecule has 0 fully saturated rings. The molecule has 0 bridgehead atoms. The Hall–Kier alpha value is -2.33. The van der Waals surface area contributed by atoms with Crippen LogP contribution in [-0.4, -0.2) is 27.4 Å². The molecule has 0 aliphatic carbocycles. The van der Waals surface area contributed by atoms with Gasteiger partial charge in [-0.25, -0.2) is 4.98 Å². The first-order valence-electron chi connectivity index (χ1n) is 8.79. The van der Waals surface area contributed by atoms with E-state index >= 15 is 0 Å². The van der Waals surface area contributed by atoms with Gasteiger partial charge < -0.3 is 14.4 Å². The van der Waals surface area contributed by atoms with Gasteiger partial charge in [-0.1, -0.05) is 38.1 Å². The fraction of sp³-hybridized carbons (Fsp3) is 0.381. The number of para-hydroxylation sites is 2. The van der Waals surface area contributed by atoms with Gasteiger partial charge >= 0.3 is 0 Å². The van der Waals surface area contributed by atoms with E-state index in [1.54, 1.807) is 0 Å². The number of hydrogen-bond acceptors (Lipinski definition) is 3. The summed E-state index contributed by atoms with van der Waals surface area (Å²) < 4.78 is 7.97. The number of nitrogens with zero attached hydrogens (tertiary/aromatic N) is 2. The number of ether oxygens (including phenoxy) is 1. The third-order valence-corrected chi connectivity index (χ3v) is 4.58. The molecule has 0 radical (unpaired) electrons. The molecule has 4 nitrogen and oxygen atoms in total. The maximum Gasteiger partial charge on any atom is 0.122 e. The van der Waals surface area contributed by atoms with E-state index in [-0.39, 0.29) is 6.61 Å². The maximum absolute atomic E-state index is 10.5. The predicted octanol–water partition coefficient (Wildman–Crippen LogP) is 4.22. The molecule has 0 amide bonds. The molecule has 1 aromatic heterocycles. The summed E-state index contributed by atoms with van der Waals surface area (Å²) in [5, 5.41) is 10.5. The monoisotopic (exact) mass is 338 g/mol. The van der Waals surface area contributed by atoms with Gasteiger partial charge in [-0.2, -0.15) is 0 Å². The Kier molecular flexibility index (Phi) is 5.09. The number of imidazole rings is 1. The summed E-state index contributed by atoms with van der Waals surface area (Å²) in [6.45, 7) is 9.07. The Labute approximate surface area is 149 Å². The Morgan fingerprint density at radius 1 is 1.08 bits per heavy atom. The zero-order valence-electron chi connectivity index (χ0n) is 15.4. The van der Waals surface area contributed by atoms with E-state index in [0.29, 0.717) is 12.5 Å². The third-order valence-electron chi connectivity index (χ3n) is 4.58. The highest BCUT2D eigenvalue weighted by molar-refractivity contribution is 5.76. The number of fused-ring (bicyclic) bond motifs is 1. The highest BCUT2D eigenvalue weighted by Crippen LogP contribution is 2.23. The van der Waals surface area contributed by atoms with E-state index in [1.807, 2.05) is 43.3 Å². The van der Waals surface area contributed by atoms with Crippen LogP contribution < -0.4 is 4.74 Å². The summed E-state index contributed by atoms with van der Waals surface area (Å²) in [7, 11) is 0. The van der Waals surface area contributed by atoms with Gasteiger partial charge in [0.25, 0.3) is 0 Å². The lowest BCUT2D eigenvalue weighted by atomic mass is 10.1. The first-order valence-corrected chi connectivity index (χ1v) is 8.79. The van der Waals surface area contributed by atoms with Crippen molar-refractivity contribution < 1.29 is 9.84 Å². The summed E-state index contributed by atoms with van der Waals surface area (Å²) in [6.07, 6.45) is -0.602. The zero-order valence-corrected chi connectivity index (χ0v) is 15.4. The maximum atomic E-state index is 10.5. The fourth-order valence-corrected chi connectivity index (χ4v) is 3.06. The normalized spacial score (nSPS) is 12.7. The molecule has 0 spiro atoms. The third kappa shape index (κ3) is 3.69. The smallest absolute Gasteiger partial charge is 0.122 e. The Morgan fingerprint density at radius 2 is 1.84 bits per heavy atom. The fourth-order valence-electron chi connectivity index (χ4n) is 3.06. The molecule has 3 aromatic rings. The van der Waals surface area contributed by atoms with Crippen LogP contribution in [0.1, 0.15) is 36.7 Å². The second kappa shape index (κ2) is 7.28. The summed E-state index contributed by atoms with van der Waals surface area (Å²) in [6, 6.07) is 14.0. The minimum Gasteiger partial charge on any atom is -0.491 e. The summed E-state index contributed by atoms with van der Waals surface area (Å²) >= 11 is 0. The van der Waals surface area contributed by atoms with Gasteiger partial charge in [0.15, 0.2) is 0 Å². The van der Waals surface area contributed by atoms with Crippen molar-refractivity contribution in [1.29, 1.82) is 0 Å². The number of benzene rings is 2. The number of aryl methyl sites for hydroxylation is 1. The van der Waals surface area contributed by atoms with Gasteiger partial charge in [0.2, 0.25) is 0 Å². The molecular weight excluding hydrogens is 312 g/mol. The lowest BCUT2D eigenvalue weighted by molar-refractivity contribution is 0.0922. The molecule has 1 N–H and O–H groups in total. The highest BCUT2D eigenvalue weighted by Gasteiger charge is 2.17. The van der Waals surface area contributed by atoms with Crippen LogP contribution in [0.25, 0.3) is 11.0 Å². The molecule has 0 aliphatic rings. The standard InChI is InChI=1S/C21H26N2O2/c1-14(2)21-22-18-9-5-6-10-19(18)23(21)12-17(24)13-25-20-11-7-8-15(3)16(20)4/h5-11,14,17,24H,12-13H2,1-4H3. The molecule has 1 unspecified atom stereocenters. The lowest BCUT2D eigenvalue weighted by Gasteiger charge is -2.18. The number of aliphatic hydroxyl groups excluding tert-OH is 1. The van der Waals surface area contributed by atoms with Crippen molar-refractivity contribution in [2.24, 2.45) is 0 Å². The van der Waals surface area contributed by atoms with E-state index in [2.05, 4.69) is 31.4 Å². The van der Waals surface area contributed by atoms with Gasteiger partial charge in [0, 0.05) is 5.92 Å². The minimum absolute atomic E-state index is 0.258. The summed E-state index contributed by atoms with van der Waals surface area (Å²) in [4.78, 5) is 4.72. The SMILES string of the molecule is Cc1cccc(OCC(O)Cn2c(C(C)C)nc3ccccc32)c1C. The highest BCUT2D eigenvalue weighted by atomic mass is 16.5. The van der Waals surface area contributed by atoms with Gasteiger partial charge in [0.05, 0.1) is 17.6 Å². The summed E-state index contributed by atoms with van der Waals surface area (Å²) in [5.41, 5.74) is 4.33. The molecule has 1 atom stereocenters. The van der Waals surface area contributed by atoms with Crippen LogP contribution in [0, 0.1) is 13.8 Å². The van der Waals surface area contributed by atoms with Crippen LogP contribution in [0.2, 0.25) is 0 Å². The van der Waals surface area contributed by atoms with Crippen molar-refractivity contribution in [3.8, 4) is 5.75 Å². The van der Waals surface area contributed by atoms with Crippen molar-refractivity contribution >= 4 is 11.0 Å². The molecule has 0 saturated heterocycles. The average molecular weight is 338 g/mol. The second-order valence-electron chi connectivity index (χ2n) is 6.89. The number of aliphatic hydroxyl groups is 1. The first-order chi connectivity index (χ1) is 12.0. The minimum atomic E-state index is -0.602. The topological polar surface area (TPSA) is 47.3 Å². The average Bonchev–Trinajstić information content (AvgIpc) is 2.95. The second-order valence-corrected chi connectivity index (χ2v) is 6.89. The van der Waals surface area contributed by atoms with E-state index in [0.717, 1.165) is 28.2 Å². The Bertz CT molecular complexity index is 867. The van der Waals surface area contributed by atoms with E-state index < -0.39 is 6.10 Å². The number of hydrogen-bond donors (Lipinski definition) is 1. The molecule has 3 rings (SSSR count). The van der Waals surface area contributed by atoms with Gasteiger partial charge in [-0.15, -0.1) is 0 Å². The molecule has 132 valence electrons. The molecule has 25 heavy (non-hydrogen) atoms.